The van der Waals surface area contributed by atoms with Gasteiger partial charge >= 0.3 is 5.97 Å². The number of aromatic carboxylic acids is 1. The molecule has 0 spiro atoms. The average molecular weight is 517 g/mol. The molecule has 3 aromatic carbocycles. The van der Waals surface area contributed by atoms with Gasteiger partial charge in [-0.1, -0.05) is 40.8 Å². The fraction of sp³-hybridized carbons (Fsp3) is 0.0909. The van der Waals surface area contributed by atoms with Crippen molar-refractivity contribution in [3.63, 3.8) is 0 Å². The van der Waals surface area contributed by atoms with Crippen LogP contribution in [-0.4, -0.2) is 31.6 Å². The van der Waals surface area contributed by atoms with Crippen LogP contribution in [0, 0.1) is 0 Å². The summed E-state index contributed by atoms with van der Waals surface area (Å²) >= 11 is 1.93. The van der Waals surface area contributed by atoms with E-state index in [2.05, 4.69) is 5.32 Å². The molecule has 0 saturated heterocycles. The number of halogens is 1. The van der Waals surface area contributed by atoms with Crippen LogP contribution in [0.15, 0.2) is 54.6 Å². The molecule has 1 heterocycles. The minimum atomic E-state index is -1.14. The number of carboxylic acids is 1. The first kappa shape index (κ1) is 20.0. The number of nitrogens with one attached hydrogen (secondary N) is 1. The lowest BCUT2D eigenvalue weighted by Crippen LogP contribution is -2.17. The molecule has 1 aliphatic rings. The third-order valence-corrected chi connectivity index (χ3v) is 5.53. The predicted molar refractivity (Wildman–Crippen MR) is 118 cm³/mol. The maximum Gasteiger partial charge on any atom is 0.336 e. The summed E-state index contributed by atoms with van der Waals surface area (Å²) in [5, 5.41) is 32.3. The number of carboxylic acid groups (broad SMARTS) is 1. The Labute approximate surface area is 185 Å². The Morgan fingerprint density at radius 2 is 1.47 bits per heavy atom. The first-order valence-corrected chi connectivity index (χ1v) is 10.5. The number of fused-ring (bicyclic) bond motifs is 2. The van der Waals surface area contributed by atoms with Gasteiger partial charge in [0.1, 0.15) is 23.0 Å². The Hall–Kier alpha value is -3.27. The number of phenolic OH excluding ortho intramolecular Hbond substituents is 2. The number of amides is 1. The highest BCUT2D eigenvalue weighted by molar-refractivity contribution is 14.1. The average Bonchev–Trinajstić information content (AvgIpc) is 2.71. The molecule has 152 valence electrons. The Balaban J connectivity index is 1.92. The quantitative estimate of drug-likeness (QED) is 0.235. The molecule has 0 bridgehead atoms. The van der Waals surface area contributed by atoms with E-state index in [9.17, 15) is 24.9 Å². The molecule has 0 atom stereocenters. The van der Waals surface area contributed by atoms with Gasteiger partial charge in [-0.2, -0.15) is 0 Å². The van der Waals surface area contributed by atoms with Gasteiger partial charge in [-0.3, -0.25) is 4.79 Å². The van der Waals surface area contributed by atoms with Crippen molar-refractivity contribution in [1.29, 1.82) is 0 Å². The highest BCUT2D eigenvalue weighted by Crippen LogP contribution is 2.49. The standard InChI is InChI=1S/C22H16INO6/c23-10-20(27)24-11-1-4-14(17(7-11)22(28)29)21-15-5-2-12(25)8-18(15)30-19-9-13(26)3-6-16(19)21/h1-9,21,25-26H,10H2,(H,24,27)(H,28,29). The Morgan fingerprint density at radius 3 is 2.00 bits per heavy atom. The lowest BCUT2D eigenvalue weighted by atomic mass is 9.80. The van der Waals surface area contributed by atoms with Crippen molar-refractivity contribution in [2.45, 2.75) is 5.92 Å². The highest BCUT2D eigenvalue weighted by Gasteiger charge is 2.32. The Bertz CT molecular complexity index is 1120. The van der Waals surface area contributed by atoms with Crippen LogP contribution in [0.25, 0.3) is 0 Å². The molecule has 1 amide bonds. The van der Waals surface area contributed by atoms with Crippen molar-refractivity contribution >= 4 is 40.2 Å². The summed E-state index contributed by atoms with van der Waals surface area (Å²) in [5.74, 6) is -1.12. The van der Waals surface area contributed by atoms with Gasteiger partial charge in [0.15, 0.2) is 0 Å². The largest absolute Gasteiger partial charge is 0.508 e. The number of carbonyl (C=O) groups is 2. The SMILES string of the molecule is O=C(CI)Nc1ccc(C2c3ccc(O)cc3Oc3cc(O)ccc32)c(C(=O)O)c1. The molecule has 4 rings (SSSR count). The van der Waals surface area contributed by atoms with Gasteiger partial charge in [0, 0.05) is 34.9 Å². The number of benzene rings is 3. The zero-order valence-electron chi connectivity index (χ0n) is 15.4. The van der Waals surface area contributed by atoms with Gasteiger partial charge in [0.2, 0.25) is 5.91 Å². The molecule has 30 heavy (non-hydrogen) atoms. The van der Waals surface area contributed by atoms with Crippen LogP contribution in [0.1, 0.15) is 33.0 Å². The van der Waals surface area contributed by atoms with Crippen LogP contribution in [0.3, 0.4) is 0 Å². The van der Waals surface area contributed by atoms with E-state index in [0.717, 1.165) is 0 Å². The number of aromatic hydroxyl groups is 2. The molecular formula is C22H16INO6. The lowest BCUT2D eigenvalue weighted by molar-refractivity contribution is -0.113. The van der Waals surface area contributed by atoms with Gasteiger partial charge in [0.25, 0.3) is 0 Å². The van der Waals surface area contributed by atoms with Crippen molar-refractivity contribution in [3.8, 4) is 23.0 Å². The van der Waals surface area contributed by atoms with E-state index in [4.69, 9.17) is 4.74 Å². The molecule has 0 aromatic heterocycles. The van der Waals surface area contributed by atoms with Crippen LogP contribution in [0.2, 0.25) is 0 Å². The maximum absolute atomic E-state index is 12.1. The predicted octanol–water partition coefficient (Wildman–Crippen LogP) is 4.46. The van der Waals surface area contributed by atoms with Crippen LogP contribution >= 0.6 is 22.6 Å². The third kappa shape index (κ3) is 3.65. The second-order valence-electron chi connectivity index (χ2n) is 6.77. The number of hydrogen-bond acceptors (Lipinski definition) is 5. The minimum absolute atomic E-state index is 0.00594. The third-order valence-electron chi connectivity index (χ3n) is 4.84. The van der Waals surface area contributed by atoms with E-state index >= 15 is 0 Å². The second-order valence-corrected chi connectivity index (χ2v) is 7.53. The molecule has 0 saturated carbocycles. The van der Waals surface area contributed by atoms with Gasteiger partial charge < -0.3 is 25.4 Å². The molecule has 8 heteroatoms. The number of hydrogen-bond donors (Lipinski definition) is 4. The fourth-order valence-electron chi connectivity index (χ4n) is 3.59. The van der Waals surface area contributed by atoms with E-state index in [1.165, 1.54) is 30.3 Å². The number of rotatable bonds is 4. The lowest BCUT2D eigenvalue weighted by Gasteiger charge is -2.29. The molecule has 0 unspecified atom stereocenters. The number of anilines is 1. The van der Waals surface area contributed by atoms with Crippen molar-refractivity contribution in [1.82, 2.24) is 0 Å². The number of phenols is 2. The van der Waals surface area contributed by atoms with Crippen LogP contribution in [0.4, 0.5) is 5.69 Å². The molecule has 0 radical (unpaired) electrons. The molecule has 0 aliphatic carbocycles. The van der Waals surface area contributed by atoms with Crippen molar-refractivity contribution in [2.24, 2.45) is 0 Å². The first-order chi connectivity index (χ1) is 14.4. The zero-order chi connectivity index (χ0) is 21.4. The molecule has 1 aliphatic heterocycles. The number of ether oxygens (including phenoxy) is 1. The van der Waals surface area contributed by atoms with Crippen molar-refractivity contribution in [2.75, 3.05) is 9.74 Å². The Morgan fingerprint density at radius 1 is 0.900 bits per heavy atom. The Kier molecular flexibility index (Phi) is 5.25. The van der Waals surface area contributed by atoms with Gasteiger partial charge in [-0.05, 0) is 29.8 Å². The zero-order valence-corrected chi connectivity index (χ0v) is 17.6. The van der Waals surface area contributed by atoms with Crippen LogP contribution < -0.4 is 10.1 Å². The van der Waals surface area contributed by atoms with E-state index in [0.29, 0.717) is 33.9 Å². The topological polar surface area (TPSA) is 116 Å². The summed E-state index contributed by atoms with van der Waals surface area (Å²) in [5.41, 5.74) is 2.28. The van der Waals surface area contributed by atoms with Crippen molar-refractivity contribution in [3.05, 3.63) is 76.9 Å². The molecule has 4 N–H and O–H groups in total. The summed E-state index contributed by atoms with van der Waals surface area (Å²) < 4.78 is 6.10. The highest BCUT2D eigenvalue weighted by atomic mass is 127. The van der Waals surface area contributed by atoms with Crippen molar-refractivity contribution < 1.29 is 29.6 Å². The molecule has 0 fully saturated rings. The van der Waals surface area contributed by atoms with Crippen LogP contribution in [-0.2, 0) is 4.79 Å². The summed E-state index contributed by atoms with van der Waals surface area (Å²) in [7, 11) is 0. The minimum Gasteiger partial charge on any atom is -0.508 e. The summed E-state index contributed by atoms with van der Waals surface area (Å²) in [6.45, 7) is 0. The fourth-order valence-corrected chi connectivity index (χ4v) is 3.78. The first-order valence-electron chi connectivity index (χ1n) is 8.94. The van der Waals surface area contributed by atoms with E-state index < -0.39 is 11.9 Å². The molecule has 7 nitrogen and oxygen atoms in total. The van der Waals surface area contributed by atoms with Gasteiger partial charge in [-0.25, -0.2) is 4.79 Å². The monoisotopic (exact) mass is 517 g/mol. The smallest absolute Gasteiger partial charge is 0.336 e. The number of alkyl halides is 1. The van der Waals surface area contributed by atoms with E-state index in [1.54, 1.807) is 24.3 Å². The van der Waals surface area contributed by atoms with Gasteiger partial charge in [0.05, 0.1) is 9.99 Å². The molecular weight excluding hydrogens is 501 g/mol. The van der Waals surface area contributed by atoms with E-state index in [-0.39, 0.29) is 27.4 Å². The van der Waals surface area contributed by atoms with Crippen LogP contribution in [0.5, 0.6) is 23.0 Å². The van der Waals surface area contributed by atoms with E-state index in [1.807, 2.05) is 22.6 Å². The maximum atomic E-state index is 12.1. The number of carbonyl (C=O) groups excluding carboxylic acids is 1. The second kappa shape index (κ2) is 7.86. The summed E-state index contributed by atoms with van der Waals surface area (Å²) in [4.78, 5) is 23.8. The molecule has 3 aromatic rings. The summed E-state index contributed by atoms with van der Waals surface area (Å²) in [6.07, 6.45) is 0. The summed E-state index contributed by atoms with van der Waals surface area (Å²) in [6, 6.07) is 14.0. The normalized spacial score (nSPS) is 12.4. The van der Waals surface area contributed by atoms with Gasteiger partial charge in [-0.15, -0.1) is 0 Å².